The minimum atomic E-state index is 0.305. The Morgan fingerprint density at radius 2 is 2.00 bits per heavy atom. The summed E-state index contributed by atoms with van der Waals surface area (Å²) in [6, 6.07) is 2.07. The number of ether oxygens (including phenoxy) is 1. The Kier molecular flexibility index (Phi) is 3.86. The van der Waals surface area contributed by atoms with Crippen LogP contribution in [0.25, 0.3) is 0 Å². The number of morpholine rings is 1. The molecule has 0 radical (unpaired) electrons. The van der Waals surface area contributed by atoms with Gasteiger partial charge in [-0.25, -0.2) is 0 Å². The van der Waals surface area contributed by atoms with Gasteiger partial charge in [-0.05, 0) is 26.8 Å². The first kappa shape index (κ1) is 12.6. The fourth-order valence-corrected chi connectivity index (χ4v) is 2.50. The van der Waals surface area contributed by atoms with Crippen molar-refractivity contribution < 1.29 is 9.15 Å². The number of nitrogens with two attached hydrogens (primary N) is 1. The van der Waals surface area contributed by atoms with Gasteiger partial charge in [0.05, 0.1) is 18.8 Å². The lowest BCUT2D eigenvalue weighted by Crippen LogP contribution is -2.44. The van der Waals surface area contributed by atoms with Crippen molar-refractivity contribution in [2.75, 3.05) is 13.1 Å². The van der Waals surface area contributed by atoms with Crippen LogP contribution in [0.5, 0.6) is 0 Å². The molecule has 17 heavy (non-hydrogen) atoms. The highest BCUT2D eigenvalue weighted by Gasteiger charge is 2.23. The highest BCUT2D eigenvalue weighted by Crippen LogP contribution is 2.19. The normalized spacial score (nSPS) is 26.4. The van der Waals surface area contributed by atoms with Crippen molar-refractivity contribution in [1.82, 2.24) is 4.90 Å². The van der Waals surface area contributed by atoms with E-state index in [9.17, 15) is 0 Å². The number of hydrogen-bond acceptors (Lipinski definition) is 4. The smallest absolute Gasteiger partial charge is 0.118 e. The largest absolute Gasteiger partial charge is 0.465 e. The second-order valence-corrected chi connectivity index (χ2v) is 4.95. The third kappa shape index (κ3) is 3.09. The van der Waals surface area contributed by atoms with E-state index in [1.54, 1.807) is 0 Å². The Morgan fingerprint density at radius 1 is 1.35 bits per heavy atom. The molecule has 0 saturated carbocycles. The molecule has 0 spiro atoms. The number of aryl methyl sites for hydroxylation is 1. The lowest BCUT2D eigenvalue weighted by Gasteiger charge is -2.35. The van der Waals surface area contributed by atoms with Crippen LogP contribution in [0.4, 0.5) is 0 Å². The molecule has 2 heterocycles. The number of rotatable bonds is 3. The van der Waals surface area contributed by atoms with Gasteiger partial charge < -0.3 is 14.9 Å². The molecule has 1 fully saturated rings. The number of furan rings is 1. The van der Waals surface area contributed by atoms with Gasteiger partial charge in [-0.3, -0.25) is 4.90 Å². The minimum Gasteiger partial charge on any atom is -0.465 e. The Hall–Kier alpha value is -0.840. The van der Waals surface area contributed by atoms with Gasteiger partial charge >= 0.3 is 0 Å². The number of nitrogens with zero attached hydrogens (tertiary/aromatic N) is 1. The first-order valence-electron chi connectivity index (χ1n) is 6.24. The van der Waals surface area contributed by atoms with E-state index in [4.69, 9.17) is 14.9 Å². The molecule has 1 aromatic heterocycles. The van der Waals surface area contributed by atoms with Crippen molar-refractivity contribution in [3.8, 4) is 0 Å². The van der Waals surface area contributed by atoms with Crippen LogP contribution in [0, 0.1) is 6.92 Å². The summed E-state index contributed by atoms with van der Waals surface area (Å²) in [7, 11) is 0. The molecule has 96 valence electrons. The van der Waals surface area contributed by atoms with Gasteiger partial charge in [-0.2, -0.15) is 0 Å². The van der Waals surface area contributed by atoms with E-state index in [1.165, 1.54) is 5.56 Å². The predicted molar refractivity (Wildman–Crippen MR) is 66.6 cm³/mol. The van der Waals surface area contributed by atoms with E-state index in [0.29, 0.717) is 18.8 Å². The summed E-state index contributed by atoms with van der Waals surface area (Å²) >= 11 is 0. The molecule has 1 saturated heterocycles. The topological polar surface area (TPSA) is 51.6 Å². The van der Waals surface area contributed by atoms with Crippen molar-refractivity contribution in [1.29, 1.82) is 0 Å². The van der Waals surface area contributed by atoms with E-state index < -0.39 is 0 Å². The molecule has 1 aliphatic rings. The molecule has 0 unspecified atom stereocenters. The summed E-state index contributed by atoms with van der Waals surface area (Å²) in [6.45, 7) is 9.60. The van der Waals surface area contributed by atoms with Crippen LogP contribution in [-0.2, 0) is 17.8 Å². The Balaban J connectivity index is 2.01. The zero-order valence-electron chi connectivity index (χ0n) is 10.9. The summed E-state index contributed by atoms with van der Waals surface area (Å²) in [6.07, 6.45) is 0.611. The average molecular weight is 238 g/mol. The quantitative estimate of drug-likeness (QED) is 0.870. The van der Waals surface area contributed by atoms with E-state index in [1.807, 2.05) is 6.92 Å². The summed E-state index contributed by atoms with van der Waals surface area (Å²) in [4.78, 5) is 2.41. The van der Waals surface area contributed by atoms with Crippen molar-refractivity contribution in [2.24, 2.45) is 5.73 Å². The van der Waals surface area contributed by atoms with Crippen LogP contribution < -0.4 is 5.73 Å². The Labute approximate surface area is 103 Å². The molecule has 0 aromatic carbocycles. The van der Waals surface area contributed by atoms with Gasteiger partial charge in [-0.1, -0.05) is 0 Å². The molecular formula is C13H22N2O2. The lowest BCUT2D eigenvalue weighted by atomic mass is 10.2. The van der Waals surface area contributed by atoms with Gasteiger partial charge in [0.25, 0.3) is 0 Å². The van der Waals surface area contributed by atoms with Crippen molar-refractivity contribution in [3.63, 3.8) is 0 Å². The summed E-state index contributed by atoms with van der Waals surface area (Å²) in [5, 5.41) is 0. The molecule has 4 heteroatoms. The second kappa shape index (κ2) is 5.21. The third-order valence-corrected chi connectivity index (χ3v) is 3.16. The molecule has 2 atom stereocenters. The molecule has 1 aliphatic heterocycles. The molecule has 0 amide bonds. The van der Waals surface area contributed by atoms with Gasteiger partial charge in [0.2, 0.25) is 0 Å². The monoisotopic (exact) mass is 238 g/mol. The van der Waals surface area contributed by atoms with Crippen LogP contribution in [0.15, 0.2) is 10.5 Å². The first-order valence-corrected chi connectivity index (χ1v) is 6.24. The first-order chi connectivity index (χ1) is 8.08. The summed E-state index contributed by atoms with van der Waals surface area (Å²) < 4.78 is 11.3. The zero-order chi connectivity index (χ0) is 12.4. The highest BCUT2D eigenvalue weighted by molar-refractivity contribution is 5.20. The molecule has 0 aliphatic carbocycles. The standard InChI is InChI=1S/C13H22N2O2/c1-9-6-15(7-10(2)16-9)8-12-4-13(5-14)17-11(12)3/h4,9-10H,5-8,14H2,1-3H3/t9-,10+. The summed E-state index contributed by atoms with van der Waals surface area (Å²) in [5.74, 6) is 1.85. The molecule has 2 N–H and O–H groups in total. The van der Waals surface area contributed by atoms with Gasteiger partial charge in [0, 0.05) is 25.2 Å². The predicted octanol–water partition coefficient (Wildman–Crippen LogP) is 1.66. The van der Waals surface area contributed by atoms with Crippen LogP contribution in [0.3, 0.4) is 0 Å². The minimum absolute atomic E-state index is 0.305. The summed E-state index contributed by atoms with van der Waals surface area (Å²) in [5.41, 5.74) is 6.82. The van der Waals surface area contributed by atoms with Crippen molar-refractivity contribution >= 4 is 0 Å². The zero-order valence-corrected chi connectivity index (χ0v) is 10.9. The maximum atomic E-state index is 5.73. The Morgan fingerprint density at radius 3 is 2.53 bits per heavy atom. The SMILES string of the molecule is Cc1oc(CN)cc1CN1C[C@@H](C)O[C@@H](C)C1. The molecule has 1 aromatic rings. The van der Waals surface area contributed by atoms with E-state index in [0.717, 1.165) is 31.2 Å². The second-order valence-electron chi connectivity index (χ2n) is 4.95. The van der Waals surface area contributed by atoms with Gasteiger partial charge in [0.1, 0.15) is 11.5 Å². The number of hydrogen-bond donors (Lipinski definition) is 1. The fourth-order valence-electron chi connectivity index (χ4n) is 2.50. The van der Waals surface area contributed by atoms with E-state index in [2.05, 4.69) is 24.8 Å². The molecule has 4 nitrogen and oxygen atoms in total. The van der Waals surface area contributed by atoms with Crippen molar-refractivity contribution in [2.45, 2.75) is 46.1 Å². The maximum absolute atomic E-state index is 5.73. The van der Waals surface area contributed by atoms with Gasteiger partial charge in [-0.15, -0.1) is 0 Å². The lowest BCUT2D eigenvalue weighted by molar-refractivity contribution is -0.0705. The maximum Gasteiger partial charge on any atom is 0.118 e. The van der Waals surface area contributed by atoms with E-state index >= 15 is 0 Å². The molecule has 2 rings (SSSR count). The van der Waals surface area contributed by atoms with E-state index in [-0.39, 0.29) is 0 Å². The molecular weight excluding hydrogens is 216 g/mol. The fraction of sp³-hybridized carbons (Fsp3) is 0.692. The van der Waals surface area contributed by atoms with Crippen molar-refractivity contribution in [3.05, 3.63) is 23.2 Å². The van der Waals surface area contributed by atoms with Crippen LogP contribution in [0.1, 0.15) is 30.9 Å². The molecule has 0 bridgehead atoms. The van der Waals surface area contributed by atoms with Crippen LogP contribution in [0.2, 0.25) is 0 Å². The van der Waals surface area contributed by atoms with Crippen LogP contribution in [-0.4, -0.2) is 30.2 Å². The third-order valence-electron chi connectivity index (χ3n) is 3.16. The average Bonchev–Trinajstić information content (AvgIpc) is 2.58. The van der Waals surface area contributed by atoms with Gasteiger partial charge in [0.15, 0.2) is 0 Å². The highest BCUT2D eigenvalue weighted by atomic mass is 16.5. The Bertz CT molecular complexity index is 365. The van der Waals surface area contributed by atoms with Crippen LogP contribution >= 0.6 is 0 Å².